The van der Waals surface area contributed by atoms with Crippen molar-refractivity contribution < 1.29 is 4.74 Å². The zero-order valence-electron chi connectivity index (χ0n) is 14.7. The molecule has 5 rings (SSSR count). The van der Waals surface area contributed by atoms with Crippen LogP contribution in [-0.4, -0.2) is 24.8 Å². The van der Waals surface area contributed by atoms with Gasteiger partial charge in [-0.15, -0.1) is 0 Å². The standard InChI is InChI=1S/C22H24N2O/c1-25-17-8-2-6-16(11-17)19-12-23-13-20(19)21-14-24-10-4-7-15-5-3-9-18(21)22(15)24/h2-3,5-6,8-9,11,14,19-20,23H,4,7,10,12-13H2,1H3/t19-,20+/m0/s1. The molecule has 1 aromatic heterocycles. The predicted octanol–water partition coefficient (Wildman–Crippen LogP) is 4.07. The second kappa shape index (κ2) is 5.92. The van der Waals surface area contributed by atoms with Crippen LogP contribution in [0.2, 0.25) is 0 Å². The number of nitrogens with one attached hydrogen (secondary N) is 1. The minimum Gasteiger partial charge on any atom is -0.497 e. The number of hydrogen-bond acceptors (Lipinski definition) is 2. The lowest BCUT2D eigenvalue weighted by molar-refractivity contribution is 0.413. The minimum atomic E-state index is 0.499. The van der Waals surface area contributed by atoms with Crippen molar-refractivity contribution in [2.75, 3.05) is 20.2 Å². The van der Waals surface area contributed by atoms with Crippen LogP contribution in [0, 0.1) is 0 Å². The Hall–Kier alpha value is -2.26. The van der Waals surface area contributed by atoms with Gasteiger partial charge in [-0.25, -0.2) is 0 Å². The predicted molar refractivity (Wildman–Crippen MR) is 102 cm³/mol. The molecule has 3 nitrogen and oxygen atoms in total. The van der Waals surface area contributed by atoms with Crippen molar-refractivity contribution >= 4 is 10.9 Å². The lowest BCUT2D eigenvalue weighted by Crippen LogP contribution is -2.09. The molecule has 2 atom stereocenters. The highest BCUT2D eigenvalue weighted by Crippen LogP contribution is 2.41. The Morgan fingerprint density at radius 2 is 1.96 bits per heavy atom. The first-order chi connectivity index (χ1) is 12.3. The smallest absolute Gasteiger partial charge is 0.119 e. The van der Waals surface area contributed by atoms with Gasteiger partial charge in [0.1, 0.15) is 5.75 Å². The summed E-state index contributed by atoms with van der Waals surface area (Å²) < 4.78 is 7.94. The number of nitrogens with zero attached hydrogens (tertiary/aromatic N) is 1. The van der Waals surface area contributed by atoms with Crippen LogP contribution in [0.3, 0.4) is 0 Å². The topological polar surface area (TPSA) is 26.2 Å². The first-order valence-electron chi connectivity index (χ1n) is 9.30. The van der Waals surface area contributed by atoms with Gasteiger partial charge in [-0.3, -0.25) is 0 Å². The third-order valence-corrected chi connectivity index (χ3v) is 5.99. The van der Waals surface area contributed by atoms with Crippen LogP contribution < -0.4 is 10.1 Å². The number of hydrogen-bond donors (Lipinski definition) is 1. The van der Waals surface area contributed by atoms with E-state index in [0.29, 0.717) is 11.8 Å². The zero-order chi connectivity index (χ0) is 16.8. The second-order valence-corrected chi connectivity index (χ2v) is 7.34. The van der Waals surface area contributed by atoms with Crippen LogP contribution in [-0.2, 0) is 13.0 Å². The fourth-order valence-electron chi connectivity index (χ4n) is 4.81. The Labute approximate surface area is 148 Å². The van der Waals surface area contributed by atoms with Crippen molar-refractivity contribution in [2.45, 2.75) is 31.2 Å². The average molecular weight is 332 g/mol. The van der Waals surface area contributed by atoms with Crippen LogP contribution >= 0.6 is 0 Å². The summed E-state index contributed by atoms with van der Waals surface area (Å²) in [5.74, 6) is 1.97. The Balaban J connectivity index is 1.61. The summed E-state index contributed by atoms with van der Waals surface area (Å²) in [6.07, 6.45) is 4.89. The van der Waals surface area contributed by atoms with E-state index in [1.807, 2.05) is 6.07 Å². The summed E-state index contributed by atoms with van der Waals surface area (Å²) >= 11 is 0. The van der Waals surface area contributed by atoms with Crippen LogP contribution in [0.25, 0.3) is 10.9 Å². The molecule has 0 aliphatic carbocycles. The molecule has 0 radical (unpaired) electrons. The SMILES string of the molecule is COc1cccc([C@@H]2CNC[C@H]2c2cn3c4c(cccc24)CCC3)c1. The van der Waals surface area contributed by atoms with Crippen molar-refractivity contribution in [1.29, 1.82) is 0 Å². The number of ether oxygens (including phenoxy) is 1. The van der Waals surface area contributed by atoms with Crippen LogP contribution in [0.5, 0.6) is 5.75 Å². The summed E-state index contributed by atoms with van der Waals surface area (Å²) in [7, 11) is 1.74. The maximum absolute atomic E-state index is 5.45. The maximum Gasteiger partial charge on any atom is 0.119 e. The van der Waals surface area contributed by atoms with E-state index in [2.05, 4.69) is 52.5 Å². The molecule has 1 fully saturated rings. The number of aryl methyl sites for hydroxylation is 2. The molecular weight excluding hydrogens is 308 g/mol. The molecule has 1 saturated heterocycles. The largest absolute Gasteiger partial charge is 0.497 e. The summed E-state index contributed by atoms with van der Waals surface area (Å²) in [6.45, 7) is 3.23. The van der Waals surface area contributed by atoms with Crippen molar-refractivity contribution in [2.24, 2.45) is 0 Å². The molecule has 1 N–H and O–H groups in total. The van der Waals surface area contributed by atoms with Crippen molar-refractivity contribution in [3.05, 3.63) is 65.4 Å². The number of rotatable bonds is 3. The highest BCUT2D eigenvalue weighted by molar-refractivity contribution is 5.88. The van der Waals surface area contributed by atoms with E-state index in [9.17, 15) is 0 Å². The quantitative estimate of drug-likeness (QED) is 0.782. The molecule has 25 heavy (non-hydrogen) atoms. The van der Waals surface area contributed by atoms with E-state index in [0.717, 1.165) is 25.4 Å². The molecule has 0 saturated carbocycles. The molecule has 3 aromatic rings. The molecule has 0 unspecified atom stereocenters. The molecule has 128 valence electrons. The van der Waals surface area contributed by atoms with Gasteiger partial charge in [0, 0.05) is 43.1 Å². The first-order valence-corrected chi connectivity index (χ1v) is 9.30. The number of benzene rings is 2. The molecule has 0 spiro atoms. The molecule has 0 bridgehead atoms. The van der Waals surface area contributed by atoms with Gasteiger partial charge in [-0.05, 0) is 41.7 Å². The lowest BCUT2D eigenvalue weighted by atomic mass is 9.83. The van der Waals surface area contributed by atoms with E-state index in [1.54, 1.807) is 7.11 Å². The molecule has 2 aliphatic heterocycles. The molecule has 3 heteroatoms. The van der Waals surface area contributed by atoms with Gasteiger partial charge in [-0.1, -0.05) is 30.3 Å². The normalized spacial score (nSPS) is 22.4. The summed E-state index contributed by atoms with van der Waals surface area (Å²) in [5, 5.41) is 5.09. The van der Waals surface area contributed by atoms with Gasteiger partial charge in [0.15, 0.2) is 0 Å². The summed E-state index contributed by atoms with van der Waals surface area (Å²) in [4.78, 5) is 0. The highest BCUT2D eigenvalue weighted by atomic mass is 16.5. The summed E-state index contributed by atoms with van der Waals surface area (Å²) in [5.41, 5.74) is 5.87. The molecule has 0 amide bonds. The van der Waals surface area contributed by atoms with Gasteiger partial charge < -0.3 is 14.6 Å². The van der Waals surface area contributed by atoms with E-state index < -0.39 is 0 Å². The van der Waals surface area contributed by atoms with Crippen LogP contribution in [0.1, 0.15) is 34.9 Å². The third-order valence-electron chi connectivity index (χ3n) is 5.99. The highest BCUT2D eigenvalue weighted by Gasteiger charge is 2.32. The van der Waals surface area contributed by atoms with Crippen LogP contribution in [0.15, 0.2) is 48.7 Å². The van der Waals surface area contributed by atoms with Crippen molar-refractivity contribution in [3.63, 3.8) is 0 Å². The third kappa shape index (κ3) is 2.37. The average Bonchev–Trinajstić information content (AvgIpc) is 3.28. The Morgan fingerprint density at radius 3 is 2.88 bits per heavy atom. The van der Waals surface area contributed by atoms with E-state index in [-0.39, 0.29) is 0 Å². The Kier molecular flexibility index (Phi) is 3.56. The van der Waals surface area contributed by atoms with Gasteiger partial charge in [0.2, 0.25) is 0 Å². The van der Waals surface area contributed by atoms with Gasteiger partial charge in [0.05, 0.1) is 12.6 Å². The number of aromatic nitrogens is 1. The molecule has 2 aromatic carbocycles. The molecule has 2 aliphatic rings. The summed E-state index contributed by atoms with van der Waals surface area (Å²) in [6, 6.07) is 15.4. The van der Waals surface area contributed by atoms with Gasteiger partial charge in [-0.2, -0.15) is 0 Å². The Morgan fingerprint density at radius 1 is 1.08 bits per heavy atom. The van der Waals surface area contributed by atoms with Crippen molar-refractivity contribution in [1.82, 2.24) is 9.88 Å². The van der Waals surface area contributed by atoms with E-state index in [4.69, 9.17) is 4.74 Å². The molecule has 3 heterocycles. The minimum absolute atomic E-state index is 0.499. The maximum atomic E-state index is 5.45. The van der Waals surface area contributed by atoms with Gasteiger partial charge >= 0.3 is 0 Å². The van der Waals surface area contributed by atoms with E-state index in [1.165, 1.54) is 40.4 Å². The van der Waals surface area contributed by atoms with Crippen molar-refractivity contribution in [3.8, 4) is 5.75 Å². The van der Waals surface area contributed by atoms with E-state index >= 15 is 0 Å². The zero-order valence-corrected chi connectivity index (χ0v) is 14.7. The number of methoxy groups -OCH3 is 1. The lowest BCUT2D eigenvalue weighted by Gasteiger charge is -2.19. The fourth-order valence-corrected chi connectivity index (χ4v) is 4.81. The number of para-hydroxylation sites is 1. The van der Waals surface area contributed by atoms with Gasteiger partial charge in [0.25, 0.3) is 0 Å². The second-order valence-electron chi connectivity index (χ2n) is 7.34. The Bertz CT molecular complexity index is 927. The monoisotopic (exact) mass is 332 g/mol. The fraction of sp³-hybridized carbons (Fsp3) is 0.364. The first kappa shape index (κ1) is 15.0. The molecular formula is C22H24N2O. The van der Waals surface area contributed by atoms with Crippen LogP contribution in [0.4, 0.5) is 0 Å².